The minimum absolute atomic E-state index is 0.0326. The number of halogens is 6. The molecule has 0 aromatic heterocycles. The number of alkyl halides is 6. The third-order valence-electron chi connectivity index (χ3n) is 6.84. The number of rotatable bonds is 4. The molecule has 2 heterocycles. The van der Waals surface area contributed by atoms with E-state index >= 15 is 0 Å². The van der Waals surface area contributed by atoms with Gasteiger partial charge in [0.25, 0.3) is 0 Å². The number of ether oxygens (including phenoxy) is 2. The summed E-state index contributed by atoms with van der Waals surface area (Å²) in [6.45, 7) is 7.40. The maximum absolute atomic E-state index is 12.9. The summed E-state index contributed by atoms with van der Waals surface area (Å²) in [5, 5.41) is 0. The van der Waals surface area contributed by atoms with Crippen molar-refractivity contribution >= 4 is 37.7 Å². The molecule has 0 aliphatic carbocycles. The lowest BCUT2D eigenvalue weighted by atomic mass is 9.79. The Hall–Kier alpha value is -3.67. The summed E-state index contributed by atoms with van der Waals surface area (Å²) in [4.78, 5) is 13.9. The predicted octanol–water partition coefficient (Wildman–Crippen LogP) is 6.27. The summed E-state index contributed by atoms with van der Waals surface area (Å²) < 4.78 is 137. The number of hydrogen-bond acceptors (Lipinski definition) is 8. The lowest BCUT2D eigenvalue weighted by molar-refractivity contribution is -0.0515. The first kappa shape index (κ1) is 36.8. The highest BCUT2D eigenvalue weighted by Gasteiger charge is 2.52. The third-order valence-corrected chi connectivity index (χ3v) is 9.32. The van der Waals surface area contributed by atoms with E-state index in [1.165, 1.54) is 53.4 Å². The molecule has 1 spiro atoms. The van der Waals surface area contributed by atoms with Gasteiger partial charge in [0.1, 0.15) is 17.0 Å². The Morgan fingerprint density at radius 3 is 2.02 bits per heavy atom. The number of fused-ring (bicyclic) bond motifs is 1. The molecular formula is C28H32F6N2O8S2. The van der Waals surface area contributed by atoms with E-state index < -0.39 is 60.1 Å². The third kappa shape index (κ3) is 8.18. The van der Waals surface area contributed by atoms with Crippen molar-refractivity contribution < 1.29 is 61.6 Å². The van der Waals surface area contributed by atoms with Gasteiger partial charge < -0.3 is 18.6 Å². The van der Waals surface area contributed by atoms with Crippen LogP contribution < -0.4 is 9.04 Å². The molecule has 2 atom stereocenters. The molecule has 0 radical (unpaired) electrons. The number of sulfonamides is 1. The van der Waals surface area contributed by atoms with Crippen molar-refractivity contribution in [2.45, 2.75) is 56.3 Å². The number of para-hydroxylation sites is 2. The van der Waals surface area contributed by atoms with Gasteiger partial charge in [0, 0.05) is 38.6 Å². The van der Waals surface area contributed by atoms with Crippen LogP contribution in [0.15, 0.2) is 60.7 Å². The number of nitrogens with zero attached hydrogens (tertiary/aromatic N) is 2. The van der Waals surface area contributed by atoms with Crippen LogP contribution in [-0.4, -0.2) is 70.2 Å². The molecule has 2 aromatic rings. The normalized spacial score (nSPS) is 20.4. The van der Waals surface area contributed by atoms with Crippen LogP contribution in [0.4, 0.5) is 36.8 Å². The lowest BCUT2D eigenvalue weighted by Gasteiger charge is -2.46. The first-order valence-corrected chi connectivity index (χ1v) is 16.4. The van der Waals surface area contributed by atoms with Gasteiger partial charge in [-0.3, -0.25) is 4.31 Å². The number of hydrogen-bond donors (Lipinski definition) is 0. The fourth-order valence-electron chi connectivity index (χ4n) is 4.45. The van der Waals surface area contributed by atoms with Crippen LogP contribution in [0.5, 0.6) is 5.75 Å². The maximum Gasteiger partial charge on any atom is 0.534 e. The van der Waals surface area contributed by atoms with E-state index in [1.54, 1.807) is 39.8 Å². The number of anilines is 1. The number of benzene rings is 2. The van der Waals surface area contributed by atoms with Crippen LogP contribution in [0.2, 0.25) is 0 Å². The monoisotopic (exact) mass is 702 g/mol. The number of likely N-dealkylation sites (tertiary alicyclic amines) is 1. The van der Waals surface area contributed by atoms with Gasteiger partial charge >= 0.3 is 37.3 Å². The molecule has 10 nitrogen and oxygen atoms in total. The van der Waals surface area contributed by atoms with Gasteiger partial charge in [-0.05, 0) is 45.0 Å². The second kappa shape index (κ2) is 12.8. The Morgan fingerprint density at radius 2 is 1.50 bits per heavy atom. The SMILES string of the molecule is CC1CN(C(=O)OC(C)(C)C)CCC12C=C(OS(=O)(=O)C(F)(F)F)c1ccccc1O2.CN(c1ccccc1)S(=O)(=O)C(F)(F)F. The molecule has 46 heavy (non-hydrogen) atoms. The highest BCUT2D eigenvalue weighted by Crippen LogP contribution is 2.45. The maximum atomic E-state index is 12.9. The van der Waals surface area contributed by atoms with Gasteiger partial charge in [0.2, 0.25) is 0 Å². The van der Waals surface area contributed by atoms with Gasteiger partial charge in [-0.15, -0.1) is 0 Å². The fraction of sp³-hybridized carbons (Fsp3) is 0.464. The first-order chi connectivity index (χ1) is 20.9. The number of piperidine rings is 1. The lowest BCUT2D eigenvalue weighted by Crippen LogP contribution is -2.56. The predicted molar refractivity (Wildman–Crippen MR) is 155 cm³/mol. The molecule has 2 aliphatic rings. The van der Waals surface area contributed by atoms with E-state index in [0.29, 0.717) is 0 Å². The summed E-state index contributed by atoms with van der Waals surface area (Å²) in [6, 6.07) is 13.2. The van der Waals surface area contributed by atoms with Crippen molar-refractivity contribution in [1.29, 1.82) is 0 Å². The molecule has 1 fully saturated rings. The molecule has 0 saturated carbocycles. The Morgan fingerprint density at radius 1 is 0.935 bits per heavy atom. The quantitative estimate of drug-likeness (QED) is 0.208. The highest BCUT2D eigenvalue weighted by molar-refractivity contribution is 7.93. The number of carbonyl (C=O) groups is 1. The second-order valence-electron chi connectivity index (χ2n) is 11.4. The summed E-state index contributed by atoms with van der Waals surface area (Å²) in [7, 11) is -10.3. The average Bonchev–Trinajstić information content (AvgIpc) is 2.92. The van der Waals surface area contributed by atoms with Gasteiger partial charge in [-0.2, -0.15) is 43.2 Å². The molecule has 18 heteroatoms. The van der Waals surface area contributed by atoms with Crippen LogP contribution in [-0.2, 0) is 29.1 Å². The summed E-state index contributed by atoms with van der Waals surface area (Å²) in [5.74, 6) is -0.638. The van der Waals surface area contributed by atoms with Crippen molar-refractivity contribution in [2.24, 2.45) is 5.92 Å². The van der Waals surface area contributed by atoms with Gasteiger partial charge in [0.15, 0.2) is 5.76 Å². The van der Waals surface area contributed by atoms with E-state index in [0.717, 1.165) is 7.05 Å². The summed E-state index contributed by atoms with van der Waals surface area (Å²) in [5.41, 5.74) is -12.6. The Labute approximate surface area is 262 Å². The second-order valence-corrected chi connectivity index (χ2v) is 14.9. The molecule has 0 N–H and O–H groups in total. The van der Waals surface area contributed by atoms with E-state index in [1.807, 2.05) is 0 Å². The summed E-state index contributed by atoms with van der Waals surface area (Å²) >= 11 is 0. The minimum atomic E-state index is -5.87. The van der Waals surface area contributed by atoms with Crippen LogP contribution in [0.1, 0.15) is 39.7 Å². The van der Waals surface area contributed by atoms with Crippen LogP contribution in [0.25, 0.3) is 5.76 Å². The van der Waals surface area contributed by atoms with Crippen molar-refractivity contribution in [1.82, 2.24) is 4.90 Å². The standard InChI is InChI=1S/C20H24F3NO6S.C8H8F3NO2S/c1-13-12-24(17(25)29-18(2,3)4)10-9-19(13)11-16(30-31(26,27)20(21,22)23)14-7-5-6-8-15(14)28-19;1-12(7-5-3-2-4-6-7)15(13,14)8(9,10)11/h5-8,11,13H,9-10,12H2,1-4H3;2-6H,1H3. The zero-order chi connectivity index (χ0) is 34.9. The topological polar surface area (TPSA) is 120 Å². The largest absolute Gasteiger partial charge is 0.534 e. The summed E-state index contributed by atoms with van der Waals surface area (Å²) in [6.07, 6.45) is 0.974. The molecule has 0 bridgehead atoms. The van der Waals surface area contributed by atoms with Gasteiger partial charge in [-0.25, -0.2) is 4.79 Å². The average molecular weight is 703 g/mol. The van der Waals surface area contributed by atoms with E-state index in [-0.39, 0.29) is 40.8 Å². The molecule has 1 saturated heterocycles. The van der Waals surface area contributed by atoms with E-state index in [9.17, 15) is 48.0 Å². The smallest absolute Gasteiger partial charge is 0.482 e. The molecule has 1 amide bonds. The van der Waals surface area contributed by atoms with Crippen LogP contribution in [0, 0.1) is 5.92 Å². The molecule has 2 aliphatic heterocycles. The van der Waals surface area contributed by atoms with E-state index in [2.05, 4.69) is 4.18 Å². The van der Waals surface area contributed by atoms with E-state index in [4.69, 9.17) is 9.47 Å². The van der Waals surface area contributed by atoms with Gasteiger partial charge in [0.05, 0.1) is 11.3 Å². The Kier molecular flexibility index (Phi) is 10.3. The first-order valence-electron chi connectivity index (χ1n) is 13.5. The number of amides is 1. The Balaban J connectivity index is 0.000000322. The van der Waals surface area contributed by atoms with Crippen molar-refractivity contribution in [3.63, 3.8) is 0 Å². The zero-order valence-corrected chi connectivity index (χ0v) is 26.8. The highest BCUT2D eigenvalue weighted by atomic mass is 32.2. The minimum Gasteiger partial charge on any atom is -0.482 e. The fourth-order valence-corrected chi connectivity index (χ4v) is 5.63. The molecule has 4 rings (SSSR count). The molecule has 256 valence electrons. The molecular weight excluding hydrogens is 670 g/mol. The zero-order valence-electron chi connectivity index (χ0n) is 25.2. The van der Waals surface area contributed by atoms with Crippen LogP contribution >= 0.6 is 0 Å². The van der Waals surface area contributed by atoms with Crippen molar-refractivity contribution in [3.8, 4) is 5.75 Å². The van der Waals surface area contributed by atoms with Gasteiger partial charge in [-0.1, -0.05) is 37.3 Å². The molecule has 2 aromatic carbocycles. The van der Waals surface area contributed by atoms with Crippen molar-refractivity contribution in [3.05, 3.63) is 66.2 Å². The van der Waals surface area contributed by atoms with Crippen LogP contribution in [0.3, 0.4) is 0 Å². The Bertz CT molecular complexity index is 1660. The molecule has 2 unspecified atom stereocenters. The number of carbonyl (C=O) groups excluding carboxylic acids is 1. The van der Waals surface area contributed by atoms with Crippen molar-refractivity contribution in [2.75, 3.05) is 24.4 Å².